The van der Waals surface area contributed by atoms with Gasteiger partial charge in [0.25, 0.3) is 5.91 Å². The van der Waals surface area contributed by atoms with E-state index in [9.17, 15) is 14.0 Å². The number of halogens is 1. The summed E-state index contributed by atoms with van der Waals surface area (Å²) in [4.78, 5) is 27.0. The van der Waals surface area contributed by atoms with Gasteiger partial charge in [0.2, 0.25) is 5.91 Å². The predicted molar refractivity (Wildman–Crippen MR) is 106 cm³/mol. The lowest BCUT2D eigenvalue weighted by molar-refractivity contribution is -0.167. The molecular weight excluding hydrogens is 375 g/mol. The van der Waals surface area contributed by atoms with Crippen LogP contribution in [-0.4, -0.2) is 48.6 Å². The first-order valence-corrected chi connectivity index (χ1v) is 9.61. The van der Waals surface area contributed by atoms with Crippen LogP contribution in [0.25, 0.3) is 0 Å². The van der Waals surface area contributed by atoms with Gasteiger partial charge in [0.15, 0.2) is 17.7 Å². The number of hydrogen-bond donors (Lipinski definition) is 1. The van der Waals surface area contributed by atoms with Crippen LogP contribution in [0.1, 0.15) is 25.5 Å². The fourth-order valence-electron chi connectivity index (χ4n) is 3.44. The Morgan fingerprint density at radius 1 is 1.21 bits per heavy atom. The fourth-order valence-corrected chi connectivity index (χ4v) is 3.44. The average molecular weight is 400 g/mol. The van der Waals surface area contributed by atoms with Crippen LogP contribution >= 0.6 is 0 Å². The van der Waals surface area contributed by atoms with E-state index in [1.165, 1.54) is 12.1 Å². The Balaban J connectivity index is 1.67. The monoisotopic (exact) mass is 400 g/mol. The maximum Gasteiger partial charge on any atom is 0.251 e. The highest BCUT2D eigenvalue weighted by Gasteiger charge is 2.42. The zero-order chi connectivity index (χ0) is 20.8. The highest BCUT2D eigenvalue weighted by Crippen LogP contribution is 2.32. The molecule has 154 valence electrons. The quantitative estimate of drug-likeness (QED) is 0.726. The van der Waals surface area contributed by atoms with Crippen LogP contribution in [0.5, 0.6) is 5.75 Å². The number of rotatable bonds is 7. The molecule has 2 atom stereocenters. The van der Waals surface area contributed by atoms with Gasteiger partial charge in [-0.3, -0.25) is 9.59 Å². The minimum Gasteiger partial charge on any atom is -0.489 e. The lowest BCUT2D eigenvalue weighted by Gasteiger charge is -2.42. The van der Waals surface area contributed by atoms with Gasteiger partial charge in [-0.15, -0.1) is 0 Å². The molecule has 1 aliphatic rings. The third-order valence-electron chi connectivity index (χ3n) is 4.71. The number of amides is 2. The Morgan fingerprint density at radius 2 is 1.90 bits per heavy atom. The molecule has 2 aromatic rings. The number of carbonyl (C=O) groups excluding carboxylic acids is 2. The zero-order valence-electron chi connectivity index (χ0n) is 16.5. The normalized spacial score (nSPS) is 19.3. The molecule has 1 saturated heterocycles. The molecule has 29 heavy (non-hydrogen) atoms. The Labute approximate surface area is 169 Å². The lowest BCUT2D eigenvalue weighted by atomic mass is 9.96. The number of hydrogen-bond acceptors (Lipinski definition) is 4. The third kappa shape index (κ3) is 4.92. The number of nitrogens with one attached hydrogen (secondary N) is 1. The summed E-state index contributed by atoms with van der Waals surface area (Å²) in [6, 6.07) is 14.8. The van der Waals surface area contributed by atoms with Crippen molar-refractivity contribution in [2.24, 2.45) is 0 Å². The van der Waals surface area contributed by atoms with Crippen LogP contribution in [0.15, 0.2) is 54.6 Å². The van der Waals surface area contributed by atoms with E-state index in [2.05, 4.69) is 5.32 Å². The van der Waals surface area contributed by atoms with Gasteiger partial charge in [-0.2, -0.15) is 0 Å². The van der Waals surface area contributed by atoms with E-state index in [1.807, 2.05) is 44.2 Å². The molecule has 1 fully saturated rings. The van der Waals surface area contributed by atoms with Crippen LogP contribution in [-0.2, 0) is 14.3 Å². The zero-order valence-corrected chi connectivity index (χ0v) is 16.5. The van der Waals surface area contributed by atoms with Crippen LogP contribution in [0.3, 0.4) is 0 Å². The molecule has 6 nitrogen and oxygen atoms in total. The van der Waals surface area contributed by atoms with Crippen molar-refractivity contribution in [2.75, 3.05) is 19.8 Å². The number of para-hydroxylation sites is 1. The first kappa shape index (κ1) is 20.8. The summed E-state index contributed by atoms with van der Waals surface area (Å²) in [6.45, 7) is 3.98. The Hall–Kier alpha value is -2.93. The van der Waals surface area contributed by atoms with Crippen LogP contribution in [0.4, 0.5) is 4.39 Å². The fraction of sp³-hybridized carbons (Fsp3) is 0.364. The second-order valence-corrected chi connectivity index (χ2v) is 7.05. The van der Waals surface area contributed by atoms with Crippen LogP contribution in [0.2, 0.25) is 0 Å². The van der Waals surface area contributed by atoms with Crippen molar-refractivity contribution < 1.29 is 23.5 Å². The predicted octanol–water partition coefficient (Wildman–Crippen LogP) is 2.70. The standard InChI is InChI=1S/C22H25FN2O4/c1-15(2)25-19(26)14-29-21(20(25)16-8-4-3-5-9-16)22(27)24-12-13-28-18-11-7-6-10-17(18)23/h3-11,15,20-21H,12-14H2,1-2H3,(H,24,27)/t20-,21+/m1/s1. The van der Waals surface area contributed by atoms with E-state index in [1.54, 1.807) is 17.0 Å². The SMILES string of the molecule is CC(C)N1C(=O)CO[C@H](C(=O)NCCOc2ccccc2F)[C@H]1c1ccccc1. The van der Waals surface area contributed by atoms with Crippen LogP contribution in [0, 0.1) is 5.82 Å². The van der Waals surface area contributed by atoms with E-state index >= 15 is 0 Å². The van der Waals surface area contributed by atoms with E-state index in [4.69, 9.17) is 9.47 Å². The molecule has 1 N–H and O–H groups in total. The molecule has 1 aliphatic heterocycles. The summed E-state index contributed by atoms with van der Waals surface area (Å²) < 4.78 is 24.6. The van der Waals surface area contributed by atoms with Crippen molar-refractivity contribution >= 4 is 11.8 Å². The Morgan fingerprint density at radius 3 is 2.59 bits per heavy atom. The molecule has 0 spiro atoms. The molecule has 1 heterocycles. The second-order valence-electron chi connectivity index (χ2n) is 7.05. The molecule has 2 aromatic carbocycles. The van der Waals surface area contributed by atoms with Crippen molar-refractivity contribution in [3.63, 3.8) is 0 Å². The van der Waals surface area contributed by atoms with Gasteiger partial charge in [-0.1, -0.05) is 42.5 Å². The smallest absolute Gasteiger partial charge is 0.251 e. The van der Waals surface area contributed by atoms with E-state index in [0.29, 0.717) is 0 Å². The van der Waals surface area contributed by atoms with Crippen molar-refractivity contribution in [1.82, 2.24) is 10.2 Å². The molecule has 0 bridgehead atoms. The number of benzene rings is 2. The molecular formula is C22H25FN2O4. The van der Waals surface area contributed by atoms with Crippen molar-refractivity contribution in [1.29, 1.82) is 0 Å². The highest BCUT2D eigenvalue weighted by atomic mass is 19.1. The minimum absolute atomic E-state index is 0.0868. The number of ether oxygens (including phenoxy) is 2. The summed E-state index contributed by atoms with van der Waals surface area (Å²) in [7, 11) is 0. The Kier molecular flexibility index (Phi) is 6.82. The first-order chi connectivity index (χ1) is 14.0. The van der Waals surface area contributed by atoms with Gasteiger partial charge in [-0.25, -0.2) is 4.39 Å². The summed E-state index contributed by atoms with van der Waals surface area (Å²) in [5.74, 6) is -0.811. The van der Waals surface area contributed by atoms with Crippen molar-refractivity contribution in [3.05, 3.63) is 66.0 Å². The molecule has 0 aromatic heterocycles. The molecule has 0 radical (unpaired) electrons. The third-order valence-corrected chi connectivity index (χ3v) is 4.71. The van der Waals surface area contributed by atoms with Gasteiger partial charge in [0.1, 0.15) is 13.2 Å². The minimum atomic E-state index is -0.842. The first-order valence-electron chi connectivity index (χ1n) is 9.61. The molecule has 2 amide bonds. The van der Waals surface area contributed by atoms with E-state index in [0.717, 1.165) is 5.56 Å². The van der Waals surface area contributed by atoms with Gasteiger partial charge < -0.3 is 19.7 Å². The molecule has 0 unspecified atom stereocenters. The largest absolute Gasteiger partial charge is 0.489 e. The maximum atomic E-state index is 13.6. The summed E-state index contributed by atoms with van der Waals surface area (Å²) >= 11 is 0. The van der Waals surface area contributed by atoms with Crippen LogP contribution < -0.4 is 10.1 Å². The molecule has 0 saturated carbocycles. The van der Waals surface area contributed by atoms with E-state index < -0.39 is 18.0 Å². The number of carbonyl (C=O) groups is 2. The lowest BCUT2D eigenvalue weighted by Crippen LogP contribution is -2.56. The van der Waals surface area contributed by atoms with Gasteiger partial charge >= 0.3 is 0 Å². The van der Waals surface area contributed by atoms with Gasteiger partial charge in [0, 0.05) is 6.04 Å². The average Bonchev–Trinajstić information content (AvgIpc) is 2.72. The topological polar surface area (TPSA) is 67.9 Å². The number of nitrogens with zero attached hydrogens (tertiary/aromatic N) is 1. The molecule has 7 heteroatoms. The number of morpholine rings is 1. The summed E-state index contributed by atoms with van der Waals surface area (Å²) in [6.07, 6.45) is -0.842. The van der Waals surface area contributed by atoms with Gasteiger partial charge in [-0.05, 0) is 31.5 Å². The highest BCUT2D eigenvalue weighted by molar-refractivity contribution is 5.86. The van der Waals surface area contributed by atoms with Crippen molar-refractivity contribution in [2.45, 2.75) is 32.0 Å². The van der Waals surface area contributed by atoms with Crippen molar-refractivity contribution in [3.8, 4) is 5.75 Å². The van der Waals surface area contributed by atoms with Gasteiger partial charge in [0.05, 0.1) is 12.6 Å². The molecule has 0 aliphatic carbocycles. The summed E-state index contributed by atoms with van der Waals surface area (Å²) in [5, 5.41) is 2.77. The summed E-state index contributed by atoms with van der Waals surface area (Å²) in [5.41, 5.74) is 0.831. The Bertz CT molecular complexity index is 844. The second kappa shape index (κ2) is 9.52. The van der Waals surface area contributed by atoms with E-state index in [-0.39, 0.29) is 43.4 Å². The molecule has 3 rings (SSSR count). The maximum absolute atomic E-state index is 13.6.